The Morgan fingerprint density at radius 3 is 3.20 bits per heavy atom. The molecular weight excluding hydrogens is 206 g/mol. The van der Waals surface area contributed by atoms with Gasteiger partial charge >= 0.3 is 0 Å². The average Bonchev–Trinajstić information content (AvgIpc) is 2.79. The van der Waals surface area contributed by atoms with Gasteiger partial charge in [0.05, 0.1) is 6.10 Å². The summed E-state index contributed by atoms with van der Waals surface area (Å²) in [6.45, 7) is 1.01. The number of ether oxygens (including phenoxy) is 1. The minimum absolute atomic E-state index is 0.472. The Balaban J connectivity index is 1.74. The van der Waals surface area contributed by atoms with Crippen LogP contribution in [0.1, 0.15) is 30.6 Å². The van der Waals surface area contributed by atoms with Gasteiger partial charge in [-0.1, -0.05) is 6.07 Å². The van der Waals surface area contributed by atoms with E-state index < -0.39 is 0 Å². The van der Waals surface area contributed by atoms with Crippen molar-refractivity contribution in [1.29, 1.82) is 0 Å². The largest absolute Gasteiger partial charge is 0.381 e. The van der Waals surface area contributed by atoms with Crippen molar-refractivity contribution in [3.8, 4) is 0 Å². The topological polar surface area (TPSA) is 21.3 Å². The third kappa shape index (κ3) is 3.30. The Kier molecular flexibility index (Phi) is 4.18. The van der Waals surface area contributed by atoms with Gasteiger partial charge in [0.2, 0.25) is 0 Å². The Bertz CT molecular complexity index is 273. The highest BCUT2D eigenvalue weighted by Crippen LogP contribution is 2.21. The Labute approximate surface area is 95.6 Å². The summed E-state index contributed by atoms with van der Waals surface area (Å²) >= 11 is 1.82. The summed E-state index contributed by atoms with van der Waals surface area (Å²) in [5.41, 5.74) is 0. The number of nitrogens with one attached hydrogen (secondary N) is 1. The predicted molar refractivity (Wildman–Crippen MR) is 64.2 cm³/mol. The molecule has 15 heavy (non-hydrogen) atoms. The molecule has 1 heterocycles. The van der Waals surface area contributed by atoms with Crippen molar-refractivity contribution in [1.82, 2.24) is 5.32 Å². The molecule has 1 N–H and O–H groups in total. The van der Waals surface area contributed by atoms with Crippen LogP contribution in [-0.2, 0) is 11.3 Å². The second-order valence-electron chi connectivity index (χ2n) is 4.18. The zero-order valence-electron chi connectivity index (χ0n) is 9.24. The van der Waals surface area contributed by atoms with Crippen LogP contribution in [0.2, 0.25) is 0 Å². The molecule has 1 saturated carbocycles. The first-order valence-electron chi connectivity index (χ1n) is 5.67. The van der Waals surface area contributed by atoms with Gasteiger partial charge in [0, 0.05) is 24.6 Å². The summed E-state index contributed by atoms with van der Waals surface area (Å²) in [7, 11) is 1.83. The zero-order chi connectivity index (χ0) is 10.5. The lowest BCUT2D eigenvalue weighted by molar-refractivity contribution is 0.0586. The van der Waals surface area contributed by atoms with Crippen LogP contribution < -0.4 is 5.32 Å². The standard InChI is InChI=1S/C12H19NOS/c1-14-11-5-2-4-10(8-11)13-9-12-6-3-7-15-12/h3,6-7,10-11,13H,2,4-5,8-9H2,1H3. The second-order valence-corrected chi connectivity index (χ2v) is 5.21. The van der Waals surface area contributed by atoms with E-state index in [2.05, 4.69) is 22.8 Å². The van der Waals surface area contributed by atoms with Gasteiger partial charge in [-0.25, -0.2) is 0 Å². The van der Waals surface area contributed by atoms with Gasteiger partial charge in [0.1, 0.15) is 0 Å². The van der Waals surface area contributed by atoms with Crippen LogP contribution in [0.25, 0.3) is 0 Å². The maximum absolute atomic E-state index is 5.42. The molecule has 1 aliphatic carbocycles. The predicted octanol–water partition coefficient (Wildman–Crippen LogP) is 2.80. The Morgan fingerprint density at radius 2 is 2.47 bits per heavy atom. The van der Waals surface area contributed by atoms with E-state index >= 15 is 0 Å². The molecule has 0 radical (unpaired) electrons. The lowest BCUT2D eigenvalue weighted by Crippen LogP contribution is -2.36. The van der Waals surface area contributed by atoms with Crippen molar-refractivity contribution in [2.24, 2.45) is 0 Å². The van der Waals surface area contributed by atoms with E-state index in [9.17, 15) is 0 Å². The molecule has 1 fully saturated rings. The van der Waals surface area contributed by atoms with Gasteiger partial charge in [-0.3, -0.25) is 0 Å². The molecular formula is C12H19NOS. The van der Waals surface area contributed by atoms with Gasteiger partial charge < -0.3 is 10.1 Å². The number of hydrogen-bond donors (Lipinski definition) is 1. The molecule has 0 aliphatic heterocycles. The molecule has 84 valence electrons. The normalized spacial score (nSPS) is 26.7. The summed E-state index contributed by atoms with van der Waals surface area (Å²) in [4.78, 5) is 1.43. The highest BCUT2D eigenvalue weighted by atomic mass is 32.1. The Morgan fingerprint density at radius 1 is 1.53 bits per heavy atom. The van der Waals surface area contributed by atoms with Crippen LogP contribution in [0.15, 0.2) is 17.5 Å². The molecule has 0 amide bonds. The zero-order valence-corrected chi connectivity index (χ0v) is 10.1. The van der Waals surface area contributed by atoms with Crippen molar-refractivity contribution >= 4 is 11.3 Å². The smallest absolute Gasteiger partial charge is 0.0586 e. The maximum Gasteiger partial charge on any atom is 0.0586 e. The van der Waals surface area contributed by atoms with E-state index in [4.69, 9.17) is 4.74 Å². The van der Waals surface area contributed by atoms with Crippen LogP contribution in [0.5, 0.6) is 0 Å². The molecule has 2 nitrogen and oxygen atoms in total. The van der Waals surface area contributed by atoms with Gasteiger partial charge in [0.15, 0.2) is 0 Å². The summed E-state index contributed by atoms with van der Waals surface area (Å²) in [5, 5.41) is 5.75. The van der Waals surface area contributed by atoms with Crippen molar-refractivity contribution in [2.75, 3.05) is 7.11 Å². The monoisotopic (exact) mass is 225 g/mol. The average molecular weight is 225 g/mol. The van der Waals surface area contributed by atoms with E-state index in [0.29, 0.717) is 12.1 Å². The van der Waals surface area contributed by atoms with Crippen LogP contribution in [-0.4, -0.2) is 19.3 Å². The molecule has 0 spiro atoms. The summed E-state index contributed by atoms with van der Waals surface area (Å²) in [6, 6.07) is 4.94. The molecule has 0 aromatic carbocycles. The fourth-order valence-electron chi connectivity index (χ4n) is 2.20. The molecule has 1 aromatic heterocycles. The van der Waals surface area contributed by atoms with Crippen molar-refractivity contribution < 1.29 is 4.74 Å². The van der Waals surface area contributed by atoms with E-state index in [-0.39, 0.29) is 0 Å². The number of thiophene rings is 1. The Hall–Kier alpha value is -0.380. The SMILES string of the molecule is COC1CCCC(NCc2cccs2)C1. The molecule has 2 unspecified atom stereocenters. The van der Waals surface area contributed by atoms with Crippen molar-refractivity contribution in [3.05, 3.63) is 22.4 Å². The van der Waals surface area contributed by atoms with E-state index in [1.54, 1.807) is 0 Å². The third-order valence-corrected chi connectivity index (χ3v) is 3.98. The lowest BCUT2D eigenvalue weighted by atomic mass is 9.93. The molecule has 2 atom stereocenters. The lowest BCUT2D eigenvalue weighted by Gasteiger charge is -2.28. The first-order valence-corrected chi connectivity index (χ1v) is 6.55. The number of methoxy groups -OCH3 is 1. The molecule has 2 rings (SSSR count). The van der Waals surface area contributed by atoms with Gasteiger partial charge in [-0.05, 0) is 37.1 Å². The third-order valence-electron chi connectivity index (χ3n) is 3.10. The van der Waals surface area contributed by atoms with Crippen LogP contribution in [0.4, 0.5) is 0 Å². The van der Waals surface area contributed by atoms with Crippen LogP contribution >= 0.6 is 11.3 Å². The fourth-order valence-corrected chi connectivity index (χ4v) is 2.86. The minimum atomic E-state index is 0.472. The first kappa shape index (κ1) is 11.1. The van der Waals surface area contributed by atoms with Gasteiger partial charge in [-0.15, -0.1) is 11.3 Å². The van der Waals surface area contributed by atoms with E-state index in [1.807, 2.05) is 18.4 Å². The van der Waals surface area contributed by atoms with E-state index in [0.717, 1.165) is 6.54 Å². The van der Waals surface area contributed by atoms with Crippen LogP contribution in [0.3, 0.4) is 0 Å². The quantitative estimate of drug-likeness (QED) is 0.851. The first-order chi connectivity index (χ1) is 7.38. The fraction of sp³-hybridized carbons (Fsp3) is 0.667. The number of rotatable bonds is 4. The molecule has 0 saturated heterocycles. The van der Waals surface area contributed by atoms with Gasteiger partial charge in [0.25, 0.3) is 0 Å². The van der Waals surface area contributed by atoms with Gasteiger partial charge in [-0.2, -0.15) is 0 Å². The summed E-state index contributed by atoms with van der Waals surface area (Å²) in [6.07, 6.45) is 5.46. The highest BCUT2D eigenvalue weighted by Gasteiger charge is 2.20. The molecule has 1 aliphatic rings. The second kappa shape index (κ2) is 5.64. The highest BCUT2D eigenvalue weighted by molar-refractivity contribution is 7.09. The maximum atomic E-state index is 5.42. The summed E-state index contributed by atoms with van der Waals surface area (Å²) < 4.78 is 5.42. The number of hydrogen-bond acceptors (Lipinski definition) is 3. The minimum Gasteiger partial charge on any atom is -0.381 e. The molecule has 1 aromatic rings. The molecule has 0 bridgehead atoms. The van der Waals surface area contributed by atoms with E-state index in [1.165, 1.54) is 30.6 Å². The molecule has 3 heteroatoms. The van der Waals surface area contributed by atoms with Crippen LogP contribution in [0, 0.1) is 0 Å². The van der Waals surface area contributed by atoms with Crippen molar-refractivity contribution in [2.45, 2.75) is 44.4 Å². The summed E-state index contributed by atoms with van der Waals surface area (Å²) in [5.74, 6) is 0. The van der Waals surface area contributed by atoms with Crippen molar-refractivity contribution in [3.63, 3.8) is 0 Å².